The van der Waals surface area contributed by atoms with E-state index in [1.807, 2.05) is 19.1 Å². The molecule has 0 bridgehead atoms. The summed E-state index contributed by atoms with van der Waals surface area (Å²) >= 11 is 6.37. The van der Waals surface area contributed by atoms with Crippen LogP contribution < -0.4 is 14.9 Å². The predicted octanol–water partition coefficient (Wildman–Crippen LogP) is 4.77. The lowest BCUT2D eigenvalue weighted by atomic mass is 10.1. The molecule has 0 aliphatic carbocycles. The van der Waals surface area contributed by atoms with Crippen LogP contribution in [0.25, 0.3) is 6.08 Å². The number of thiocarbonyl (C=S) groups is 1. The quantitative estimate of drug-likeness (QED) is 0.224. The first kappa shape index (κ1) is 24.2. The van der Waals surface area contributed by atoms with Crippen molar-refractivity contribution in [2.24, 2.45) is 0 Å². The second kappa shape index (κ2) is 10.5. The van der Waals surface area contributed by atoms with Crippen molar-refractivity contribution in [3.63, 3.8) is 0 Å². The highest BCUT2D eigenvalue weighted by molar-refractivity contribution is 8.26. The molecule has 4 rings (SSSR count). The van der Waals surface area contributed by atoms with Crippen molar-refractivity contribution < 1.29 is 23.9 Å². The fourth-order valence-electron chi connectivity index (χ4n) is 3.11. The number of benzene rings is 3. The fourth-order valence-corrected chi connectivity index (χ4v) is 4.29. The third-order valence-corrected chi connectivity index (χ3v) is 6.34. The maximum Gasteiger partial charge on any atom is 0.343 e. The monoisotopic (exact) mass is 504 g/mol. The van der Waals surface area contributed by atoms with Crippen LogP contribution in [0.3, 0.4) is 0 Å². The maximum atomic E-state index is 12.8. The van der Waals surface area contributed by atoms with Crippen LogP contribution in [0, 0.1) is 6.92 Å². The van der Waals surface area contributed by atoms with Gasteiger partial charge in [0.25, 0.3) is 11.8 Å². The minimum atomic E-state index is -0.495. The van der Waals surface area contributed by atoms with Crippen LogP contribution in [-0.4, -0.2) is 34.2 Å². The van der Waals surface area contributed by atoms with Gasteiger partial charge in [-0.3, -0.25) is 15.0 Å². The van der Waals surface area contributed by atoms with Gasteiger partial charge in [0.1, 0.15) is 11.5 Å². The fraction of sp³-hybridized carbons (Fsp3) is 0.0769. The number of methoxy groups -OCH3 is 1. The number of amides is 2. The van der Waals surface area contributed by atoms with E-state index in [-0.39, 0.29) is 4.32 Å². The van der Waals surface area contributed by atoms with E-state index >= 15 is 0 Å². The molecule has 1 N–H and O–H groups in total. The molecule has 0 atom stereocenters. The number of carbonyl (C=O) groups excluding carboxylic acids is 3. The Morgan fingerprint density at radius 1 is 0.914 bits per heavy atom. The van der Waals surface area contributed by atoms with Gasteiger partial charge >= 0.3 is 5.97 Å². The number of hydrogen-bond donors (Lipinski definition) is 1. The molecule has 0 unspecified atom stereocenters. The molecule has 7 nitrogen and oxygen atoms in total. The number of nitrogens with one attached hydrogen (secondary N) is 1. The molecule has 3 aromatic carbocycles. The van der Waals surface area contributed by atoms with E-state index in [1.54, 1.807) is 73.8 Å². The number of hydrazine groups is 1. The molecule has 1 fully saturated rings. The highest BCUT2D eigenvalue weighted by Crippen LogP contribution is 2.32. The molecule has 3 aromatic rings. The van der Waals surface area contributed by atoms with E-state index in [4.69, 9.17) is 21.7 Å². The van der Waals surface area contributed by atoms with Gasteiger partial charge < -0.3 is 9.47 Å². The van der Waals surface area contributed by atoms with Crippen molar-refractivity contribution in [3.8, 4) is 11.5 Å². The van der Waals surface area contributed by atoms with Crippen molar-refractivity contribution in [2.45, 2.75) is 6.92 Å². The lowest BCUT2D eigenvalue weighted by Gasteiger charge is -2.15. The Bertz CT molecular complexity index is 1320. The summed E-state index contributed by atoms with van der Waals surface area (Å²) in [6.07, 6.45) is 1.66. The van der Waals surface area contributed by atoms with E-state index in [0.29, 0.717) is 33.1 Å². The molecular weight excluding hydrogens is 484 g/mol. The molecule has 176 valence electrons. The smallest absolute Gasteiger partial charge is 0.343 e. The summed E-state index contributed by atoms with van der Waals surface area (Å²) in [6, 6.07) is 20.3. The van der Waals surface area contributed by atoms with E-state index in [2.05, 4.69) is 5.43 Å². The molecule has 0 aromatic heterocycles. The predicted molar refractivity (Wildman–Crippen MR) is 138 cm³/mol. The average Bonchev–Trinajstić information content (AvgIpc) is 3.12. The minimum Gasteiger partial charge on any atom is -0.497 e. The van der Waals surface area contributed by atoms with Crippen LogP contribution in [0.5, 0.6) is 11.5 Å². The van der Waals surface area contributed by atoms with Crippen LogP contribution >= 0.6 is 24.0 Å². The molecule has 0 saturated carbocycles. The molecule has 1 aliphatic heterocycles. The summed E-state index contributed by atoms with van der Waals surface area (Å²) in [6.45, 7) is 1.92. The summed E-state index contributed by atoms with van der Waals surface area (Å²) in [5, 5.41) is 1.07. The number of nitrogens with zero attached hydrogens (tertiary/aromatic N) is 1. The zero-order valence-electron chi connectivity index (χ0n) is 18.8. The molecule has 35 heavy (non-hydrogen) atoms. The van der Waals surface area contributed by atoms with Crippen LogP contribution in [0.15, 0.2) is 77.7 Å². The number of hydrogen-bond acceptors (Lipinski definition) is 7. The number of esters is 1. The maximum absolute atomic E-state index is 12.8. The van der Waals surface area contributed by atoms with Crippen LogP contribution in [0.2, 0.25) is 0 Å². The first-order chi connectivity index (χ1) is 16.8. The van der Waals surface area contributed by atoms with Gasteiger partial charge in [0, 0.05) is 5.56 Å². The third kappa shape index (κ3) is 5.76. The molecule has 9 heteroatoms. The molecule has 1 saturated heterocycles. The highest BCUT2D eigenvalue weighted by Gasteiger charge is 2.33. The first-order valence-corrected chi connectivity index (χ1v) is 11.7. The summed E-state index contributed by atoms with van der Waals surface area (Å²) in [5.41, 5.74) is 5.11. The minimum absolute atomic E-state index is 0.228. The number of rotatable bonds is 6. The van der Waals surface area contributed by atoms with Crippen molar-refractivity contribution in [2.75, 3.05) is 7.11 Å². The Kier molecular flexibility index (Phi) is 7.28. The van der Waals surface area contributed by atoms with Crippen LogP contribution in [0.1, 0.15) is 31.8 Å². The molecular formula is C26H20N2O5S2. The molecule has 2 amide bonds. The van der Waals surface area contributed by atoms with Crippen molar-refractivity contribution in [3.05, 3.63) is 100.0 Å². The molecule has 0 radical (unpaired) electrons. The zero-order valence-corrected chi connectivity index (χ0v) is 20.4. The third-order valence-electron chi connectivity index (χ3n) is 5.03. The van der Waals surface area contributed by atoms with Crippen LogP contribution in [-0.2, 0) is 4.79 Å². The number of carbonyl (C=O) groups is 3. The Morgan fingerprint density at radius 2 is 1.51 bits per heavy atom. The van der Waals surface area contributed by atoms with Gasteiger partial charge in [-0.15, -0.1) is 0 Å². The van der Waals surface area contributed by atoms with Gasteiger partial charge in [0.05, 0.1) is 17.6 Å². The zero-order chi connectivity index (χ0) is 24.9. The van der Waals surface area contributed by atoms with Gasteiger partial charge in [-0.25, -0.2) is 4.79 Å². The normalized spacial score (nSPS) is 14.2. The summed E-state index contributed by atoms with van der Waals surface area (Å²) < 4.78 is 10.7. The summed E-state index contributed by atoms with van der Waals surface area (Å²) in [4.78, 5) is 38.0. The lowest BCUT2D eigenvalue weighted by Crippen LogP contribution is -2.44. The largest absolute Gasteiger partial charge is 0.497 e. The highest BCUT2D eigenvalue weighted by atomic mass is 32.2. The lowest BCUT2D eigenvalue weighted by molar-refractivity contribution is -0.123. The molecule has 0 spiro atoms. The van der Waals surface area contributed by atoms with Gasteiger partial charge in [0.15, 0.2) is 4.32 Å². The topological polar surface area (TPSA) is 84.9 Å². The van der Waals surface area contributed by atoms with E-state index in [9.17, 15) is 14.4 Å². The van der Waals surface area contributed by atoms with Gasteiger partial charge in [-0.2, -0.15) is 5.01 Å². The first-order valence-electron chi connectivity index (χ1n) is 10.5. The van der Waals surface area contributed by atoms with Crippen molar-refractivity contribution >= 4 is 52.2 Å². The van der Waals surface area contributed by atoms with E-state index < -0.39 is 17.8 Å². The number of thioether (sulfide) groups is 1. The molecule has 1 heterocycles. The Morgan fingerprint density at radius 3 is 2.14 bits per heavy atom. The van der Waals surface area contributed by atoms with Crippen molar-refractivity contribution in [1.29, 1.82) is 0 Å². The van der Waals surface area contributed by atoms with Gasteiger partial charge in [-0.05, 0) is 79.3 Å². The van der Waals surface area contributed by atoms with E-state index in [1.165, 1.54) is 0 Å². The average molecular weight is 505 g/mol. The SMILES string of the molecule is COc1ccc(C(=O)Oc2ccc(/C=C3\SC(=S)N(NC(=O)c4ccc(C)cc4)C3=O)cc2)cc1. The Labute approximate surface area is 211 Å². The van der Waals surface area contributed by atoms with E-state index in [0.717, 1.165) is 22.3 Å². The van der Waals surface area contributed by atoms with Gasteiger partial charge in [-0.1, -0.05) is 41.6 Å². The van der Waals surface area contributed by atoms with Crippen LogP contribution in [0.4, 0.5) is 0 Å². The Balaban J connectivity index is 1.40. The second-order valence-electron chi connectivity index (χ2n) is 7.51. The second-order valence-corrected chi connectivity index (χ2v) is 9.19. The summed E-state index contributed by atoms with van der Waals surface area (Å²) in [7, 11) is 1.55. The molecule has 1 aliphatic rings. The number of aryl methyl sites for hydroxylation is 1. The Hall–Kier alpha value is -3.95. The standard InChI is InChI=1S/C26H20N2O5S2/c1-16-3-7-18(8-4-16)23(29)27-28-24(30)22(35-26(28)34)15-17-5-11-21(12-6-17)33-25(31)19-9-13-20(32-2)14-10-19/h3-15H,1-2H3,(H,27,29)/b22-15-. The van der Waals surface area contributed by atoms with Gasteiger partial charge in [0.2, 0.25) is 0 Å². The number of ether oxygens (including phenoxy) is 2. The summed E-state index contributed by atoms with van der Waals surface area (Å²) in [5.74, 6) is -0.335. The van der Waals surface area contributed by atoms with Crippen molar-refractivity contribution in [1.82, 2.24) is 10.4 Å².